The van der Waals surface area contributed by atoms with E-state index in [2.05, 4.69) is 0 Å². The third kappa shape index (κ3) is 2.48. The highest BCUT2D eigenvalue weighted by Gasteiger charge is 2.47. The van der Waals surface area contributed by atoms with Gasteiger partial charge in [0.15, 0.2) is 12.5 Å². The first-order valence-corrected chi connectivity index (χ1v) is 6.80. The Morgan fingerprint density at radius 3 is 2.84 bits per heavy atom. The number of aromatic nitrogens is 2. The lowest BCUT2D eigenvalue weighted by molar-refractivity contribution is -0.131. The minimum atomic E-state index is -1.65. The van der Waals surface area contributed by atoms with Crippen molar-refractivity contribution in [3.05, 3.63) is 32.9 Å². The molecule has 3 atom stereocenters. The number of alkyl halides is 2. The number of H-pyrrole nitrogens is 1. The van der Waals surface area contributed by atoms with Gasteiger partial charge in [-0.25, -0.2) is 9.18 Å². The molecule has 104 valence electrons. The molecule has 0 aromatic carbocycles. The van der Waals surface area contributed by atoms with E-state index in [9.17, 15) is 23.2 Å². The molecule has 2 rings (SSSR count). The van der Waals surface area contributed by atoms with E-state index in [4.69, 9.17) is 4.74 Å². The van der Waals surface area contributed by atoms with Gasteiger partial charge in [-0.1, -0.05) is 22.6 Å². The SMILES string of the molecule is O=C[C@]1(CI)C[C@H](F)[C@H](n2cc(F)c(=O)[nH]c2=O)O1. The van der Waals surface area contributed by atoms with Crippen molar-refractivity contribution >= 4 is 28.9 Å². The summed E-state index contributed by atoms with van der Waals surface area (Å²) >= 11 is 1.86. The van der Waals surface area contributed by atoms with Crippen molar-refractivity contribution in [3.8, 4) is 0 Å². The van der Waals surface area contributed by atoms with Gasteiger partial charge in [0.25, 0.3) is 5.56 Å². The second-order valence-electron chi connectivity index (χ2n) is 4.19. The van der Waals surface area contributed by atoms with Crippen LogP contribution in [0, 0.1) is 5.82 Å². The molecule has 1 N–H and O–H groups in total. The summed E-state index contributed by atoms with van der Waals surface area (Å²) in [6.07, 6.45) is -2.26. The van der Waals surface area contributed by atoms with Crippen LogP contribution in [-0.4, -0.2) is 32.0 Å². The number of aromatic amines is 1. The van der Waals surface area contributed by atoms with Crippen LogP contribution in [0.5, 0.6) is 0 Å². The molecule has 1 aliphatic rings. The second kappa shape index (κ2) is 5.12. The number of nitrogens with one attached hydrogen (secondary N) is 1. The number of rotatable bonds is 3. The molecule has 0 unspecified atom stereocenters. The van der Waals surface area contributed by atoms with Gasteiger partial charge in [0.1, 0.15) is 11.8 Å². The zero-order chi connectivity index (χ0) is 14.2. The van der Waals surface area contributed by atoms with Crippen LogP contribution in [0.1, 0.15) is 12.6 Å². The molecule has 1 saturated heterocycles. The van der Waals surface area contributed by atoms with Crippen molar-refractivity contribution in [2.45, 2.75) is 24.4 Å². The predicted molar refractivity (Wildman–Crippen MR) is 68.6 cm³/mol. The molecule has 2 heterocycles. The molecule has 1 aromatic heterocycles. The van der Waals surface area contributed by atoms with Crippen molar-refractivity contribution < 1.29 is 18.3 Å². The molecule has 0 bridgehead atoms. The summed E-state index contributed by atoms with van der Waals surface area (Å²) in [5, 5.41) is 0. The second-order valence-corrected chi connectivity index (χ2v) is 4.95. The highest BCUT2D eigenvalue weighted by atomic mass is 127. The lowest BCUT2D eigenvalue weighted by atomic mass is 10.0. The standard InChI is InChI=1S/C10H9F2IN2O4/c11-5-1-10(3-13,4-16)19-8(5)15-2-6(12)7(17)14-9(15)18/h2,4-5,8H,1,3H2,(H,14,17,18)/t5-,8+,10+/m0/s1. The van der Waals surface area contributed by atoms with Gasteiger partial charge in [-0.2, -0.15) is 4.39 Å². The maximum absolute atomic E-state index is 13.9. The van der Waals surface area contributed by atoms with E-state index in [0.717, 1.165) is 0 Å². The number of nitrogens with zero attached hydrogens (tertiary/aromatic N) is 1. The maximum Gasteiger partial charge on any atom is 0.330 e. The highest BCUT2D eigenvalue weighted by molar-refractivity contribution is 14.1. The van der Waals surface area contributed by atoms with Crippen LogP contribution in [-0.2, 0) is 9.53 Å². The first kappa shape index (κ1) is 14.3. The normalized spacial score (nSPS) is 30.5. The number of halogens is 3. The number of hydrogen-bond acceptors (Lipinski definition) is 4. The van der Waals surface area contributed by atoms with Gasteiger partial charge in [-0.15, -0.1) is 0 Å². The lowest BCUT2D eigenvalue weighted by Crippen LogP contribution is -2.37. The monoisotopic (exact) mass is 386 g/mol. The Kier molecular flexibility index (Phi) is 3.85. The van der Waals surface area contributed by atoms with E-state index in [1.165, 1.54) is 0 Å². The third-order valence-electron chi connectivity index (χ3n) is 2.84. The Morgan fingerprint density at radius 1 is 1.63 bits per heavy atom. The average molecular weight is 386 g/mol. The fourth-order valence-corrected chi connectivity index (χ4v) is 2.54. The van der Waals surface area contributed by atoms with Gasteiger partial charge in [-0.05, 0) is 0 Å². The summed E-state index contributed by atoms with van der Waals surface area (Å²) < 4.78 is 33.1. The van der Waals surface area contributed by atoms with Crippen LogP contribution >= 0.6 is 22.6 Å². The zero-order valence-electron chi connectivity index (χ0n) is 9.44. The topological polar surface area (TPSA) is 81.2 Å². The van der Waals surface area contributed by atoms with Crippen LogP contribution < -0.4 is 11.2 Å². The Balaban J connectivity index is 2.44. The fraction of sp³-hybridized carbons (Fsp3) is 0.500. The fourth-order valence-electron chi connectivity index (χ4n) is 1.87. The highest BCUT2D eigenvalue weighted by Crippen LogP contribution is 2.38. The smallest absolute Gasteiger partial charge is 0.330 e. The van der Waals surface area contributed by atoms with Crippen LogP contribution in [0.15, 0.2) is 15.8 Å². The van der Waals surface area contributed by atoms with Gasteiger partial charge >= 0.3 is 5.69 Å². The first-order chi connectivity index (χ1) is 8.92. The van der Waals surface area contributed by atoms with Crippen molar-refractivity contribution in [2.24, 2.45) is 0 Å². The van der Waals surface area contributed by atoms with Crippen LogP contribution in [0.3, 0.4) is 0 Å². The van der Waals surface area contributed by atoms with Crippen LogP contribution in [0.2, 0.25) is 0 Å². The summed E-state index contributed by atoms with van der Waals surface area (Å²) in [5.74, 6) is -1.23. The van der Waals surface area contributed by atoms with Crippen LogP contribution in [0.25, 0.3) is 0 Å². The number of ether oxygens (including phenoxy) is 1. The van der Waals surface area contributed by atoms with Gasteiger partial charge in [0.2, 0.25) is 5.82 Å². The van der Waals surface area contributed by atoms with Gasteiger partial charge in [0, 0.05) is 10.8 Å². The summed E-state index contributed by atoms with van der Waals surface area (Å²) in [4.78, 5) is 35.1. The number of carbonyl (C=O) groups is 1. The molecular formula is C10H9F2IN2O4. The molecule has 1 aromatic rings. The zero-order valence-corrected chi connectivity index (χ0v) is 11.6. The quantitative estimate of drug-likeness (QED) is 0.461. The first-order valence-electron chi connectivity index (χ1n) is 5.27. The molecule has 0 amide bonds. The Labute approximate surface area is 118 Å². The molecule has 1 fully saturated rings. The van der Waals surface area contributed by atoms with E-state index < -0.39 is 35.1 Å². The van der Waals surface area contributed by atoms with Gasteiger partial charge in [0.05, 0.1) is 6.20 Å². The Bertz CT molecular complexity index is 616. The third-order valence-corrected chi connectivity index (χ3v) is 4.14. The lowest BCUT2D eigenvalue weighted by Gasteiger charge is -2.20. The summed E-state index contributed by atoms with van der Waals surface area (Å²) in [6, 6.07) is 0. The van der Waals surface area contributed by atoms with Crippen molar-refractivity contribution in [2.75, 3.05) is 4.43 Å². The molecule has 19 heavy (non-hydrogen) atoms. The number of aldehydes is 1. The summed E-state index contributed by atoms with van der Waals surface area (Å²) in [6.45, 7) is 0. The van der Waals surface area contributed by atoms with E-state index in [1.807, 2.05) is 22.6 Å². The molecule has 0 radical (unpaired) electrons. The van der Waals surface area contributed by atoms with Crippen LogP contribution in [0.4, 0.5) is 8.78 Å². The van der Waals surface area contributed by atoms with Gasteiger partial charge in [-0.3, -0.25) is 14.3 Å². The van der Waals surface area contributed by atoms with Crippen molar-refractivity contribution in [1.82, 2.24) is 9.55 Å². The Morgan fingerprint density at radius 2 is 2.32 bits per heavy atom. The molecule has 6 nitrogen and oxygen atoms in total. The molecule has 0 aliphatic carbocycles. The molecule has 1 aliphatic heterocycles. The Hall–Kier alpha value is -1.10. The molecular weight excluding hydrogens is 377 g/mol. The van der Waals surface area contributed by atoms with Crippen molar-refractivity contribution in [1.29, 1.82) is 0 Å². The van der Waals surface area contributed by atoms with Crippen molar-refractivity contribution in [3.63, 3.8) is 0 Å². The summed E-state index contributed by atoms with van der Waals surface area (Å²) in [7, 11) is 0. The van der Waals surface area contributed by atoms with E-state index >= 15 is 0 Å². The van der Waals surface area contributed by atoms with E-state index in [-0.39, 0.29) is 10.8 Å². The molecule has 9 heteroatoms. The maximum atomic E-state index is 13.9. The number of hydrogen-bond donors (Lipinski definition) is 1. The van der Waals surface area contributed by atoms with E-state index in [0.29, 0.717) is 17.1 Å². The van der Waals surface area contributed by atoms with Gasteiger partial charge < -0.3 is 9.53 Å². The summed E-state index contributed by atoms with van der Waals surface area (Å²) in [5.41, 5.74) is -3.52. The minimum Gasteiger partial charge on any atom is -0.340 e. The predicted octanol–water partition coefficient (Wildman–Crippen LogP) is 0.305. The van der Waals surface area contributed by atoms with E-state index in [1.54, 1.807) is 4.98 Å². The molecule has 0 spiro atoms. The largest absolute Gasteiger partial charge is 0.340 e. The average Bonchev–Trinajstić information content (AvgIpc) is 2.72. The minimum absolute atomic E-state index is 0.200. The molecule has 0 saturated carbocycles. The number of carbonyl (C=O) groups excluding carboxylic acids is 1.